The highest BCUT2D eigenvalue weighted by molar-refractivity contribution is 4.99. The van der Waals surface area contributed by atoms with Crippen molar-refractivity contribution in [3.05, 3.63) is 18.0 Å². The van der Waals surface area contributed by atoms with Crippen LogP contribution >= 0.6 is 0 Å². The minimum Gasteiger partial charge on any atom is -0.370 e. The summed E-state index contributed by atoms with van der Waals surface area (Å²) < 4.78 is 41.1. The van der Waals surface area contributed by atoms with Gasteiger partial charge in [0.15, 0.2) is 0 Å². The van der Waals surface area contributed by atoms with Crippen molar-refractivity contribution in [2.45, 2.75) is 19.3 Å². The molecule has 1 aromatic rings. The fraction of sp³-hybridized carbons (Fsp3) is 0.625. The molecule has 7 heteroatoms. The summed E-state index contributed by atoms with van der Waals surface area (Å²) in [7, 11) is 0. The van der Waals surface area contributed by atoms with E-state index < -0.39 is 12.8 Å². The lowest BCUT2D eigenvalue weighted by Crippen LogP contribution is -2.20. The predicted octanol–water partition coefficient (Wildman–Crippen LogP) is 0.921. The van der Waals surface area contributed by atoms with E-state index in [2.05, 4.69) is 9.84 Å². The molecule has 0 aliphatic rings. The molecule has 0 atom stereocenters. The normalized spacial score (nSPS) is 12.0. The SMILES string of the molecule is NCc1ccnn1CCOCC(F)(F)F. The second-order valence-corrected chi connectivity index (χ2v) is 2.92. The van der Waals surface area contributed by atoms with Gasteiger partial charge in [0.05, 0.1) is 18.8 Å². The number of nitrogens with two attached hydrogens (primary N) is 1. The maximum Gasteiger partial charge on any atom is 0.411 e. The highest BCUT2D eigenvalue weighted by Crippen LogP contribution is 2.14. The van der Waals surface area contributed by atoms with Gasteiger partial charge >= 0.3 is 6.18 Å². The van der Waals surface area contributed by atoms with Crippen LogP contribution in [0.2, 0.25) is 0 Å². The molecule has 0 amide bonds. The predicted molar refractivity (Wildman–Crippen MR) is 47.0 cm³/mol. The quantitative estimate of drug-likeness (QED) is 0.755. The number of alkyl halides is 3. The molecule has 86 valence electrons. The standard InChI is InChI=1S/C8H12F3N3O/c9-8(10,11)6-15-4-3-14-7(5-12)1-2-13-14/h1-2H,3-6,12H2. The molecule has 0 saturated carbocycles. The number of halogens is 3. The zero-order valence-corrected chi connectivity index (χ0v) is 8.00. The Hall–Kier alpha value is -1.08. The average molecular weight is 223 g/mol. The summed E-state index contributed by atoms with van der Waals surface area (Å²) in [4.78, 5) is 0. The molecule has 0 fully saturated rings. The first kappa shape index (κ1) is 12.0. The molecule has 0 unspecified atom stereocenters. The Morgan fingerprint density at radius 2 is 2.20 bits per heavy atom. The summed E-state index contributed by atoms with van der Waals surface area (Å²) in [5.41, 5.74) is 6.16. The van der Waals surface area contributed by atoms with Crippen LogP contribution in [0.4, 0.5) is 13.2 Å². The van der Waals surface area contributed by atoms with Crippen molar-refractivity contribution in [1.29, 1.82) is 0 Å². The third kappa shape index (κ3) is 4.30. The number of nitrogens with zero attached hydrogens (tertiary/aromatic N) is 2. The molecule has 0 aliphatic heterocycles. The molecular formula is C8H12F3N3O. The van der Waals surface area contributed by atoms with Gasteiger partial charge in [-0.25, -0.2) is 0 Å². The molecule has 4 nitrogen and oxygen atoms in total. The molecule has 0 spiro atoms. The highest BCUT2D eigenvalue weighted by atomic mass is 19.4. The van der Waals surface area contributed by atoms with Gasteiger partial charge in [-0.3, -0.25) is 4.68 Å². The third-order valence-corrected chi connectivity index (χ3v) is 1.73. The average Bonchev–Trinajstić information content (AvgIpc) is 2.58. The van der Waals surface area contributed by atoms with Crippen molar-refractivity contribution in [3.8, 4) is 0 Å². The number of ether oxygens (including phenoxy) is 1. The maximum absolute atomic E-state index is 11.7. The van der Waals surface area contributed by atoms with Gasteiger partial charge in [-0.2, -0.15) is 18.3 Å². The summed E-state index contributed by atoms with van der Waals surface area (Å²) in [5.74, 6) is 0. The van der Waals surface area contributed by atoms with Crippen LogP contribution in [0.3, 0.4) is 0 Å². The van der Waals surface area contributed by atoms with Crippen molar-refractivity contribution in [2.24, 2.45) is 5.73 Å². The summed E-state index contributed by atoms with van der Waals surface area (Å²) >= 11 is 0. The van der Waals surface area contributed by atoms with E-state index in [1.807, 2.05) is 0 Å². The van der Waals surface area contributed by atoms with Crippen LogP contribution in [0.15, 0.2) is 12.3 Å². The summed E-state index contributed by atoms with van der Waals surface area (Å²) in [5, 5.41) is 3.90. The van der Waals surface area contributed by atoms with E-state index in [1.54, 1.807) is 12.3 Å². The molecule has 0 saturated heterocycles. The Morgan fingerprint density at radius 3 is 2.80 bits per heavy atom. The van der Waals surface area contributed by atoms with Crippen LogP contribution in [0.5, 0.6) is 0 Å². The Balaban J connectivity index is 2.26. The Kier molecular flexibility index (Phi) is 4.10. The Labute approximate surface area is 84.8 Å². The van der Waals surface area contributed by atoms with Crippen LogP contribution < -0.4 is 5.73 Å². The van der Waals surface area contributed by atoms with Crippen LogP contribution in [0, 0.1) is 0 Å². The van der Waals surface area contributed by atoms with Crippen LogP contribution in [-0.4, -0.2) is 29.2 Å². The topological polar surface area (TPSA) is 53.1 Å². The lowest BCUT2D eigenvalue weighted by atomic mass is 10.4. The minimum absolute atomic E-state index is 0.0335. The van der Waals surface area contributed by atoms with Crippen LogP contribution in [-0.2, 0) is 17.8 Å². The lowest BCUT2D eigenvalue weighted by Gasteiger charge is -2.08. The molecular weight excluding hydrogens is 211 g/mol. The van der Waals surface area contributed by atoms with E-state index >= 15 is 0 Å². The number of hydrogen-bond donors (Lipinski definition) is 1. The second-order valence-electron chi connectivity index (χ2n) is 2.92. The van der Waals surface area contributed by atoms with E-state index in [9.17, 15) is 13.2 Å². The first-order chi connectivity index (χ1) is 7.03. The summed E-state index contributed by atoms with van der Waals surface area (Å²) in [6.07, 6.45) is -2.73. The molecule has 1 rings (SSSR count). The third-order valence-electron chi connectivity index (χ3n) is 1.73. The van der Waals surface area contributed by atoms with Crippen molar-refractivity contribution < 1.29 is 17.9 Å². The van der Waals surface area contributed by atoms with Gasteiger partial charge in [-0.05, 0) is 6.07 Å². The monoisotopic (exact) mass is 223 g/mol. The number of hydrogen-bond acceptors (Lipinski definition) is 3. The fourth-order valence-corrected chi connectivity index (χ4v) is 1.07. The molecule has 0 aliphatic carbocycles. The molecule has 15 heavy (non-hydrogen) atoms. The zero-order valence-electron chi connectivity index (χ0n) is 8.00. The van der Waals surface area contributed by atoms with Gasteiger partial charge in [-0.15, -0.1) is 0 Å². The van der Waals surface area contributed by atoms with E-state index in [0.29, 0.717) is 6.54 Å². The Morgan fingerprint density at radius 1 is 1.47 bits per heavy atom. The van der Waals surface area contributed by atoms with Crippen molar-refractivity contribution in [2.75, 3.05) is 13.2 Å². The van der Waals surface area contributed by atoms with Gasteiger partial charge in [0.25, 0.3) is 0 Å². The molecule has 0 aromatic carbocycles. The molecule has 2 N–H and O–H groups in total. The van der Waals surface area contributed by atoms with Gasteiger partial charge in [0, 0.05) is 12.7 Å². The van der Waals surface area contributed by atoms with Crippen molar-refractivity contribution in [3.63, 3.8) is 0 Å². The minimum atomic E-state index is -4.28. The fourth-order valence-electron chi connectivity index (χ4n) is 1.07. The molecule has 0 radical (unpaired) electrons. The van der Waals surface area contributed by atoms with Gasteiger partial charge < -0.3 is 10.5 Å². The smallest absolute Gasteiger partial charge is 0.370 e. The molecule has 1 aromatic heterocycles. The largest absolute Gasteiger partial charge is 0.411 e. The van der Waals surface area contributed by atoms with E-state index in [-0.39, 0.29) is 13.2 Å². The summed E-state index contributed by atoms with van der Waals surface area (Å²) in [6, 6.07) is 1.71. The molecule has 0 bridgehead atoms. The van der Waals surface area contributed by atoms with E-state index in [1.165, 1.54) is 4.68 Å². The van der Waals surface area contributed by atoms with Crippen LogP contribution in [0.1, 0.15) is 5.69 Å². The summed E-state index contributed by atoms with van der Waals surface area (Å²) in [6.45, 7) is -0.685. The van der Waals surface area contributed by atoms with Gasteiger partial charge in [-0.1, -0.05) is 0 Å². The maximum atomic E-state index is 11.7. The van der Waals surface area contributed by atoms with E-state index in [4.69, 9.17) is 5.73 Å². The highest BCUT2D eigenvalue weighted by Gasteiger charge is 2.27. The zero-order chi connectivity index (χ0) is 11.3. The molecule has 1 heterocycles. The van der Waals surface area contributed by atoms with Crippen molar-refractivity contribution >= 4 is 0 Å². The number of aromatic nitrogens is 2. The first-order valence-electron chi connectivity index (χ1n) is 4.38. The van der Waals surface area contributed by atoms with Gasteiger partial charge in [0.1, 0.15) is 6.61 Å². The van der Waals surface area contributed by atoms with Crippen molar-refractivity contribution in [1.82, 2.24) is 9.78 Å². The lowest BCUT2D eigenvalue weighted by molar-refractivity contribution is -0.174. The van der Waals surface area contributed by atoms with Crippen LogP contribution in [0.25, 0.3) is 0 Å². The first-order valence-corrected chi connectivity index (χ1v) is 4.38. The number of rotatable bonds is 5. The van der Waals surface area contributed by atoms with Gasteiger partial charge in [0.2, 0.25) is 0 Å². The Bertz CT molecular complexity index is 298. The van der Waals surface area contributed by atoms with E-state index in [0.717, 1.165) is 5.69 Å². The second kappa shape index (κ2) is 5.13.